The molecule has 2 aromatic rings. The summed E-state index contributed by atoms with van der Waals surface area (Å²) in [6, 6.07) is 13.6. The van der Waals surface area contributed by atoms with Crippen molar-refractivity contribution in [2.24, 2.45) is 0 Å². The van der Waals surface area contributed by atoms with Gasteiger partial charge in [0.15, 0.2) is 0 Å². The van der Waals surface area contributed by atoms with Crippen molar-refractivity contribution in [3.05, 3.63) is 64.2 Å². The van der Waals surface area contributed by atoms with Crippen LogP contribution in [0.1, 0.15) is 29.2 Å². The van der Waals surface area contributed by atoms with Crippen LogP contribution in [0.5, 0.6) is 0 Å². The molecule has 2 atom stereocenters. The van der Waals surface area contributed by atoms with Crippen molar-refractivity contribution in [2.45, 2.75) is 32.4 Å². The fraction of sp³-hybridized carbons (Fsp3) is 0.278. The standard InChI is InChI=1S/C18H20ClN3O/c1-11-3-4-12(2)15(9-11)20-18(23)17-10-16(21-22-17)13-5-7-14(19)8-6-13/h3-9,16-17,21-22H,10H2,1-2H3,(H,20,23). The average Bonchev–Trinajstić information content (AvgIpc) is 3.02. The summed E-state index contributed by atoms with van der Waals surface area (Å²) in [5, 5.41) is 3.72. The summed E-state index contributed by atoms with van der Waals surface area (Å²) in [4.78, 5) is 12.5. The van der Waals surface area contributed by atoms with Crippen molar-refractivity contribution in [3.8, 4) is 0 Å². The molecule has 0 bridgehead atoms. The van der Waals surface area contributed by atoms with Crippen molar-refractivity contribution >= 4 is 23.2 Å². The van der Waals surface area contributed by atoms with Crippen molar-refractivity contribution < 1.29 is 4.79 Å². The molecular weight excluding hydrogens is 310 g/mol. The quantitative estimate of drug-likeness (QED) is 0.807. The summed E-state index contributed by atoms with van der Waals surface area (Å²) in [5.41, 5.74) is 10.4. The van der Waals surface area contributed by atoms with E-state index in [0.717, 1.165) is 22.4 Å². The van der Waals surface area contributed by atoms with Crippen molar-refractivity contribution in [3.63, 3.8) is 0 Å². The number of carbonyl (C=O) groups is 1. The molecule has 1 heterocycles. The van der Waals surface area contributed by atoms with Crippen LogP contribution in [0.3, 0.4) is 0 Å². The second kappa shape index (κ2) is 6.71. The zero-order chi connectivity index (χ0) is 16.4. The molecule has 23 heavy (non-hydrogen) atoms. The maximum absolute atomic E-state index is 12.5. The molecule has 5 heteroatoms. The number of aryl methyl sites for hydroxylation is 2. The molecule has 4 nitrogen and oxygen atoms in total. The zero-order valence-electron chi connectivity index (χ0n) is 13.2. The van der Waals surface area contributed by atoms with Crippen LogP contribution in [-0.4, -0.2) is 11.9 Å². The molecule has 3 rings (SSSR count). The van der Waals surface area contributed by atoms with Gasteiger partial charge in [0.1, 0.15) is 6.04 Å². The van der Waals surface area contributed by atoms with E-state index in [1.807, 2.05) is 56.3 Å². The number of hydrazine groups is 1. The van der Waals surface area contributed by atoms with Gasteiger partial charge in [0.05, 0.1) is 0 Å². The Hall–Kier alpha value is -1.88. The van der Waals surface area contributed by atoms with E-state index in [1.54, 1.807) is 0 Å². The summed E-state index contributed by atoms with van der Waals surface area (Å²) in [5.74, 6) is -0.0253. The van der Waals surface area contributed by atoms with Gasteiger partial charge in [0, 0.05) is 16.8 Å². The molecule has 0 aliphatic carbocycles. The summed E-state index contributed by atoms with van der Waals surface area (Å²) in [6.45, 7) is 4.01. The van der Waals surface area contributed by atoms with Gasteiger partial charge < -0.3 is 5.32 Å². The Bertz CT molecular complexity index is 715. The highest BCUT2D eigenvalue weighted by molar-refractivity contribution is 6.30. The largest absolute Gasteiger partial charge is 0.324 e. The van der Waals surface area contributed by atoms with Gasteiger partial charge in [-0.2, -0.15) is 0 Å². The molecule has 1 aliphatic heterocycles. The second-order valence-electron chi connectivity index (χ2n) is 5.99. The van der Waals surface area contributed by atoms with Crippen LogP contribution in [0.25, 0.3) is 0 Å². The first kappa shape index (κ1) is 16.0. The minimum absolute atomic E-state index is 0.0253. The number of amides is 1. The van der Waals surface area contributed by atoms with E-state index in [0.29, 0.717) is 11.4 Å². The van der Waals surface area contributed by atoms with E-state index in [1.165, 1.54) is 0 Å². The molecule has 1 amide bonds. The van der Waals surface area contributed by atoms with Gasteiger partial charge in [-0.25, -0.2) is 10.9 Å². The van der Waals surface area contributed by atoms with Gasteiger partial charge in [-0.05, 0) is 55.2 Å². The van der Waals surface area contributed by atoms with Gasteiger partial charge in [-0.1, -0.05) is 35.9 Å². The number of benzene rings is 2. The number of carbonyl (C=O) groups excluding carboxylic acids is 1. The van der Waals surface area contributed by atoms with Crippen LogP contribution in [0, 0.1) is 13.8 Å². The minimum atomic E-state index is -0.268. The minimum Gasteiger partial charge on any atom is -0.324 e. The van der Waals surface area contributed by atoms with Gasteiger partial charge in [-0.3, -0.25) is 4.79 Å². The Balaban J connectivity index is 1.65. The number of halogens is 1. The monoisotopic (exact) mass is 329 g/mol. The van der Waals surface area contributed by atoms with Crippen molar-refractivity contribution in [1.29, 1.82) is 0 Å². The highest BCUT2D eigenvalue weighted by Gasteiger charge is 2.30. The average molecular weight is 330 g/mol. The summed E-state index contributed by atoms with van der Waals surface area (Å²) in [6.07, 6.45) is 0.693. The van der Waals surface area contributed by atoms with Crippen molar-refractivity contribution in [1.82, 2.24) is 10.9 Å². The van der Waals surface area contributed by atoms with Crippen LogP contribution in [0.4, 0.5) is 5.69 Å². The van der Waals surface area contributed by atoms with Crippen LogP contribution < -0.4 is 16.2 Å². The van der Waals surface area contributed by atoms with Crippen LogP contribution in [0.2, 0.25) is 5.02 Å². The molecular formula is C18H20ClN3O. The lowest BCUT2D eigenvalue weighted by Crippen LogP contribution is -2.39. The van der Waals surface area contributed by atoms with Gasteiger partial charge in [0.25, 0.3) is 0 Å². The molecule has 120 valence electrons. The number of hydrogen-bond acceptors (Lipinski definition) is 3. The molecule has 0 aromatic heterocycles. The van der Waals surface area contributed by atoms with E-state index in [2.05, 4.69) is 16.2 Å². The predicted molar refractivity (Wildman–Crippen MR) is 93.4 cm³/mol. The number of nitrogens with one attached hydrogen (secondary N) is 3. The van der Waals surface area contributed by atoms with E-state index < -0.39 is 0 Å². The Labute approximate surface area is 141 Å². The van der Waals surface area contributed by atoms with Crippen LogP contribution in [0.15, 0.2) is 42.5 Å². The summed E-state index contributed by atoms with van der Waals surface area (Å²) < 4.78 is 0. The van der Waals surface area contributed by atoms with Gasteiger partial charge in [0.2, 0.25) is 5.91 Å². The third-order valence-corrected chi connectivity index (χ3v) is 4.39. The van der Waals surface area contributed by atoms with Crippen LogP contribution in [-0.2, 0) is 4.79 Å². The number of hydrogen-bond donors (Lipinski definition) is 3. The first-order chi connectivity index (χ1) is 11.0. The normalized spacial score (nSPS) is 20.5. The predicted octanol–water partition coefficient (Wildman–Crippen LogP) is 3.50. The lowest BCUT2D eigenvalue weighted by molar-refractivity contribution is -0.117. The lowest BCUT2D eigenvalue weighted by Gasteiger charge is -2.13. The first-order valence-electron chi connectivity index (χ1n) is 7.67. The van der Waals surface area contributed by atoms with E-state index in [9.17, 15) is 4.79 Å². The molecule has 0 saturated carbocycles. The third kappa shape index (κ3) is 3.72. The molecule has 3 N–H and O–H groups in total. The number of rotatable bonds is 3. The van der Waals surface area contributed by atoms with E-state index in [-0.39, 0.29) is 18.0 Å². The number of anilines is 1. The van der Waals surface area contributed by atoms with E-state index in [4.69, 9.17) is 11.6 Å². The third-order valence-electron chi connectivity index (χ3n) is 4.14. The molecule has 1 fully saturated rings. The molecule has 1 saturated heterocycles. The highest BCUT2D eigenvalue weighted by Crippen LogP contribution is 2.25. The Kier molecular flexibility index (Phi) is 4.66. The highest BCUT2D eigenvalue weighted by atomic mass is 35.5. The smallest absolute Gasteiger partial charge is 0.242 e. The fourth-order valence-corrected chi connectivity index (χ4v) is 2.86. The molecule has 2 aromatic carbocycles. The Morgan fingerprint density at radius 3 is 2.61 bits per heavy atom. The Morgan fingerprint density at radius 1 is 1.13 bits per heavy atom. The molecule has 1 aliphatic rings. The zero-order valence-corrected chi connectivity index (χ0v) is 13.9. The second-order valence-corrected chi connectivity index (χ2v) is 6.43. The lowest BCUT2D eigenvalue weighted by atomic mass is 10.0. The fourth-order valence-electron chi connectivity index (χ4n) is 2.73. The molecule has 2 unspecified atom stereocenters. The van der Waals surface area contributed by atoms with Crippen LogP contribution >= 0.6 is 11.6 Å². The maximum Gasteiger partial charge on any atom is 0.242 e. The first-order valence-corrected chi connectivity index (χ1v) is 8.05. The van der Waals surface area contributed by atoms with Gasteiger partial charge >= 0.3 is 0 Å². The molecule has 0 spiro atoms. The Morgan fingerprint density at radius 2 is 1.87 bits per heavy atom. The SMILES string of the molecule is Cc1ccc(C)c(NC(=O)C2CC(c3ccc(Cl)cc3)NN2)c1. The summed E-state index contributed by atoms with van der Waals surface area (Å²) >= 11 is 5.92. The maximum atomic E-state index is 12.5. The topological polar surface area (TPSA) is 53.2 Å². The van der Waals surface area contributed by atoms with E-state index >= 15 is 0 Å². The van der Waals surface area contributed by atoms with Crippen molar-refractivity contribution in [2.75, 3.05) is 5.32 Å². The summed E-state index contributed by atoms with van der Waals surface area (Å²) in [7, 11) is 0. The van der Waals surface area contributed by atoms with Gasteiger partial charge in [-0.15, -0.1) is 0 Å². The molecule has 0 radical (unpaired) electrons.